The average Bonchev–Trinajstić information content (AvgIpc) is 2.49. The van der Waals surface area contributed by atoms with Gasteiger partial charge in [0.25, 0.3) is 0 Å². The van der Waals surface area contributed by atoms with E-state index in [1.807, 2.05) is 18.2 Å². The van der Waals surface area contributed by atoms with Gasteiger partial charge < -0.3 is 15.4 Å². The van der Waals surface area contributed by atoms with Gasteiger partial charge in [-0.3, -0.25) is 4.79 Å². The van der Waals surface area contributed by atoms with Crippen molar-refractivity contribution < 1.29 is 9.53 Å². The van der Waals surface area contributed by atoms with Gasteiger partial charge in [-0.05, 0) is 25.0 Å². The van der Waals surface area contributed by atoms with Crippen molar-refractivity contribution in [3.8, 4) is 5.75 Å². The van der Waals surface area contributed by atoms with Crippen LogP contribution >= 0.6 is 11.6 Å². The lowest BCUT2D eigenvalue weighted by Gasteiger charge is -2.31. The van der Waals surface area contributed by atoms with Crippen LogP contribution in [0.25, 0.3) is 0 Å². The number of carbonyl (C=O) groups excluding carboxylic acids is 1. The topological polar surface area (TPSA) is 55.6 Å². The number of benzene rings is 1. The zero-order chi connectivity index (χ0) is 15.2. The Labute approximate surface area is 131 Å². The van der Waals surface area contributed by atoms with Crippen molar-refractivity contribution in [2.24, 2.45) is 11.7 Å². The van der Waals surface area contributed by atoms with Crippen LogP contribution in [0.5, 0.6) is 5.75 Å². The summed E-state index contributed by atoms with van der Waals surface area (Å²) in [7, 11) is 1.81. The van der Waals surface area contributed by atoms with Gasteiger partial charge in [-0.1, -0.05) is 36.6 Å². The molecule has 2 atom stereocenters. The van der Waals surface area contributed by atoms with Crippen molar-refractivity contribution in [2.45, 2.75) is 31.7 Å². The predicted molar refractivity (Wildman–Crippen MR) is 84.5 cm³/mol. The summed E-state index contributed by atoms with van der Waals surface area (Å²) in [5, 5.41) is 0.584. The number of ether oxygens (including phenoxy) is 1. The number of para-hydroxylation sites is 1. The van der Waals surface area contributed by atoms with Crippen LogP contribution in [-0.4, -0.2) is 37.0 Å². The molecule has 4 nitrogen and oxygen atoms in total. The molecule has 0 spiro atoms. The molecular formula is C16H23ClN2O2. The van der Waals surface area contributed by atoms with E-state index in [1.54, 1.807) is 18.0 Å². The number of nitrogens with zero attached hydrogens (tertiary/aromatic N) is 1. The van der Waals surface area contributed by atoms with Crippen molar-refractivity contribution >= 4 is 17.5 Å². The molecular weight excluding hydrogens is 288 g/mol. The van der Waals surface area contributed by atoms with Crippen molar-refractivity contribution in [1.82, 2.24) is 4.90 Å². The summed E-state index contributed by atoms with van der Waals surface area (Å²) in [5.41, 5.74) is 6.06. The standard InChI is InChI=1S/C16H23ClN2O2/c1-19(16(20)12-6-2-4-8-14(12)18)10-11-21-15-9-5-3-7-13(15)17/h3,5,7,9,12,14H,2,4,6,8,10-11,18H2,1H3. The highest BCUT2D eigenvalue weighted by Crippen LogP contribution is 2.25. The Morgan fingerprint density at radius 1 is 1.38 bits per heavy atom. The van der Waals surface area contributed by atoms with Crippen molar-refractivity contribution in [1.29, 1.82) is 0 Å². The molecule has 2 unspecified atom stereocenters. The Hall–Kier alpha value is -1.26. The number of rotatable bonds is 5. The first kappa shape index (κ1) is 16.1. The summed E-state index contributed by atoms with van der Waals surface area (Å²) < 4.78 is 5.61. The third-order valence-corrected chi connectivity index (χ3v) is 4.35. The van der Waals surface area contributed by atoms with Gasteiger partial charge in [-0.25, -0.2) is 0 Å². The summed E-state index contributed by atoms with van der Waals surface area (Å²) >= 11 is 6.02. The van der Waals surface area contributed by atoms with Crippen molar-refractivity contribution in [3.05, 3.63) is 29.3 Å². The number of amides is 1. The van der Waals surface area contributed by atoms with Gasteiger partial charge in [-0.2, -0.15) is 0 Å². The molecule has 2 rings (SSSR count). The molecule has 2 N–H and O–H groups in total. The summed E-state index contributed by atoms with van der Waals surface area (Å²) in [5.74, 6) is 0.739. The van der Waals surface area contributed by atoms with E-state index >= 15 is 0 Å². The quantitative estimate of drug-likeness (QED) is 0.909. The van der Waals surface area contributed by atoms with Gasteiger partial charge >= 0.3 is 0 Å². The van der Waals surface area contributed by atoms with E-state index in [-0.39, 0.29) is 17.9 Å². The number of carbonyl (C=O) groups is 1. The summed E-state index contributed by atoms with van der Waals surface area (Å²) in [6.07, 6.45) is 4.06. The maximum Gasteiger partial charge on any atom is 0.227 e. The molecule has 5 heteroatoms. The fourth-order valence-electron chi connectivity index (χ4n) is 2.71. The number of likely N-dealkylation sites (N-methyl/N-ethyl adjacent to an activating group) is 1. The molecule has 1 aliphatic rings. The van der Waals surface area contributed by atoms with Crippen molar-refractivity contribution in [2.75, 3.05) is 20.2 Å². The van der Waals surface area contributed by atoms with Crippen LogP contribution in [0.3, 0.4) is 0 Å². The molecule has 0 heterocycles. The normalized spacial score (nSPS) is 21.9. The largest absolute Gasteiger partial charge is 0.490 e. The zero-order valence-corrected chi connectivity index (χ0v) is 13.2. The molecule has 0 aliphatic heterocycles. The van der Waals surface area contributed by atoms with Crippen LogP contribution in [0.4, 0.5) is 0 Å². The summed E-state index contributed by atoms with van der Waals surface area (Å²) in [4.78, 5) is 14.1. The van der Waals surface area contributed by atoms with Crippen molar-refractivity contribution in [3.63, 3.8) is 0 Å². The van der Waals surface area contributed by atoms with Crippen LogP contribution < -0.4 is 10.5 Å². The zero-order valence-electron chi connectivity index (χ0n) is 12.4. The summed E-state index contributed by atoms with van der Waals surface area (Å²) in [6, 6.07) is 7.33. The molecule has 1 aliphatic carbocycles. The van der Waals surface area contributed by atoms with Crippen LogP contribution in [0.2, 0.25) is 5.02 Å². The number of hydrogen-bond donors (Lipinski definition) is 1. The Morgan fingerprint density at radius 3 is 2.81 bits per heavy atom. The monoisotopic (exact) mass is 310 g/mol. The van der Waals surface area contributed by atoms with Crippen LogP contribution in [0.1, 0.15) is 25.7 Å². The number of halogens is 1. The molecule has 1 saturated carbocycles. The van der Waals surface area contributed by atoms with Crippen LogP contribution in [-0.2, 0) is 4.79 Å². The second kappa shape index (κ2) is 7.66. The van der Waals surface area contributed by atoms with Crippen LogP contribution in [0.15, 0.2) is 24.3 Å². The molecule has 0 radical (unpaired) electrons. The van der Waals surface area contributed by atoms with Gasteiger partial charge in [0.1, 0.15) is 12.4 Å². The predicted octanol–water partition coefficient (Wildman–Crippen LogP) is 2.69. The smallest absolute Gasteiger partial charge is 0.227 e. The fourth-order valence-corrected chi connectivity index (χ4v) is 2.90. The van der Waals surface area contributed by atoms with E-state index in [1.165, 1.54) is 0 Å². The third-order valence-electron chi connectivity index (χ3n) is 4.03. The maximum atomic E-state index is 12.4. The molecule has 1 aromatic carbocycles. The highest BCUT2D eigenvalue weighted by atomic mass is 35.5. The number of hydrogen-bond acceptors (Lipinski definition) is 3. The Balaban J connectivity index is 1.80. The fraction of sp³-hybridized carbons (Fsp3) is 0.562. The average molecular weight is 311 g/mol. The first-order chi connectivity index (χ1) is 10.1. The van der Waals surface area contributed by atoms with Gasteiger partial charge in [0.2, 0.25) is 5.91 Å². The van der Waals surface area contributed by atoms with E-state index in [0.717, 1.165) is 25.7 Å². The molecule has 0 bridgehead atoms. The van der Waals surface area contributed by atoms with Gasteiger partial charge in [0.15, 0.2) is 0 Å². The van der Waals surface area contributed by atoms with E-state index < -0.39 is 0 Å². The Kier molecular flexibility index (Phi) is 5.88. The summed E-state index contributed by atoms with van der Waals surface area (Å²) in [6.45, 7) is 0.960. The first-order valence-electron chi connectivity index (χ1n) is 7.47. The van der Waals surface area contributed by atoms with Gasteiger partial charge in [-0.15, -0.1) is 0 Å². The Morgan fingerprint density at radius 2 is 2.10 bits per heavy atom. The molecule has 1 fully saturated rings. The second-order valence-electron chi connectivity index (χ2n) is 5.59. The molecule has 0 aromatic heterocycles. The SMILES string of the molecule is CN(CCOc1ccccc1Cl)C(=O)C1CCCCC1N. The van der Waals surface area contributed by atoms with Gasteiger partial charge in [0, 0.05) is 13.1 Å². The molecule has 0 saturated heterocycles. The molecule has 21 heavy (non-hydrogen) atoms. The second-order valence-corrected chi connectivity index (χ2v) is 6.00. The lowest BCUT2D eigenvalue weighted by Crippen LogP contribution is -2.45. The van der Waals surface area contributed by atoms with E-state index in [9.17, 15) is 4.79 Å². The van der Waals surface area contributed by atoms with Gasteiger partial charge in [0.05, 0.1) is 17.5 Å². The maximum absolute atomic E-state index is 12.4. The molecule has 116 valence electrons. The Bertz CT molecular complexity index is 481. The lowest BCUT2D eigenvalue weighted by molar-refractivity contribution is -0.136. The molecule has 1 amide bonds. The minimum Gasteiger partial charge on any atom is -0.490 e. The molecule has 1 aromatic rings. The van der Waals surface area contributed by atoms with E-state index in [4.69, 9.17) is 22.1 Å². The highest BCUT2D eigenvalue weighted by molar-refractivity contribution is 6.32. The number of nitrogens with two attached hydrogens (primary N) is 1. The lowest BCUT2D eigenvalue weighted by atomic mass is 9.84. The van der Waals surface area contributed by atoms with E-state index in [0.29, 0.717) is 23.9 Å². The van der Waals surface area contributed by atoms with E-state index in [2.05, 4.69) is 0 Å². The minimum absolute atomic E-state index is 0.00168. The first-order valence-corrected chi connectivity index (χ1v) is 7.85. The minimum atomic E-state index is -0.0379. The third kappa shape index (κ3) is 4.35. The highest BCUT2D eigenvalue weighted by Gasteiger charge is 2.30. The van der Waals surface area contributed by atoms with Crippen LogP contribution in [0, 0.1) is 5.92 Å².